The molecule has 16 heavy (non-hydrogen) atoms. The van der Waals surface area contributed by atoms with Gasteiger partial charge in [-0.3, -0.25) is 4.90 Å². The predicted molar refractivity (Wildman–Crippen MR) is 65.5 cm³/mol. The van der Waals surface area contributed by atoms with Crippen LogP contribution in [0.2, 0.25) is 0 Å². The second-order valence-electron chi connectivity index (χ2n) is 5.04. The molecule has 0 amide bonds. The third kappa shape index (κ3) is 4.78. The van der Waals surface area contributed by atoms with Crippen molar-refractivity contribution in [2.24, 2.45) is 11.7 Å². The highest BCUT2D eigenvalue weighted by atomic mass is 16.5. The molecule has 0 aromatic heterocycles. The van der Waals surface area contributed by atoms with Crippen molar-refractivity contribution in [1.29, 1.82) is 0 Å². The van der Waals surface area contributed by atoms with Crippen LogP contribution in [-0.2, 0) is 9.47 Å². The van der Waals surface area contributed by atoms with Crippen LogP contribution in [0.4, 0.5) is 0 Å². The normalized spacial score (nSPS) is 20.1. The Labute approximate surface area is 99.1 Å². The molecule has 1 fully saturated rings. The fourth-order valence-corrected chi connectivity index (χ4v) is 2.06. The Morgan fingerprint density at radius 1 is 1.19 bits per heavy atom. The summed E-state index contributed by atoms with van der Waals surface area (Å²) in [6, 6.07) is 0. The van der Waals surface area contributed by atoms with E-state index < -0.39 is 0 Å². The van der Waals surface area contributed by atoms with Gasteiger partial charge in [0, 0.05) is 39.4 Å². The van der Waals surface area contributed by atoms with Crippen LogP contribution in [0.25, 0.3) is 0 Å². The fourth-order valence-electron chi connectivity index (χ4n) is 2.06. The van der Waals surface area contributed by atoms with Crippen LogP contribution in [0.5, 0.6) is 0 Å². The molecule has 1 aliphatic carbocycles. The van der Waals surface area contributed by atoms with Crippen molar-refractivity contribution < 1.29 is 9.47 Å². The maximum atomic E-state index is 6.34. The van der Waals surface area contributed by atoms with Gasteiger partial charge in [-0.2, -0.15) is 0 Å². The number of ether oxygens (including phenoxy) is 2. The fraction of sp³-hybridized carbons (Fsp3) is 1.00. The number of rotatable bonds is 9. The Kier molecular flexibility index (Phi) is 5.69. The lowest BCUT2D eigenvalue weighted by molar-refractivity contribution is 0.0974. The first kappa shape index (κ1) is 13.9. The molecule has 96 valence electrons. The van der Waals surface area contributed by atoms with Gasteiger partial charge >= 0.3 is 0 Å². The van der Waals surface area contributed by atoms with Gasteiger partial charge in [-0.05, 0) is 25.7 Å². The SMILES string of the molecule is COCCN(CCOC)CC(C)(N)C1CC1. The van der Waals surface area contributed by atoms with Crippen LogP contribution < -0.4 is 5.73 Å². The summed E-state index contributed by atoms with van der Waals surface area (Å²) in [4.78, 5) is 2.34. The predicted octanol–water partition coefficient (Wildman–Crippen LogP) is 0.709. The van der Waals surface area contributed by atoms with Crippen LogP contribution in [0.3, 0.4) is 0 Å². The molecule has 0 spiro atoms. The van der Waals surface area contributed by atoms with E-state index in [4.69, 9.17) is 15.2 Å². The maximum Gasteiger partial charge on any atom is 0.0589 e. The number of hydrogen-bond donors (Lipinski definition) is 1. The van der Waals surface area contributed by atoms with Crippen molar-refractivity contribution in [2.75, 3.05) is 47.1 Å². The molecule has 0 aromatic rings. The van der Waals surface area contributed by atoms with Gasteiger partial charge < -0.3 is 15.2 Å². The van der Waals surface area contributed by atoms with E-state index in [1.807, 2.05) is 0 Å². The lowest BCUT2D eigenvalue weighted by Gasteiger charge is -2.32. The Morgan fingerprint density at radius 3 is 2.06 bits per heavy atom. The van der Waals surface area contributed by atoms with E-state index >= 15 is 0 Å². The first-order valence-electron chi connectivity index (χ1n) is 6.09. The minimum Gasteiger partial charge on any atom is -0.383 e. The van der Waals surface area contributed by atoms with Crippen LogP contribution in [0.15, 0.2) is 0 Å². The Morgan fingerprint density at radius 2 is 1.69 bits per heavy atom. The standard InChI is InChI=1S/C12H26N2O2/c1-12(13,11-4-5-11)10-14(6-8-15-2)7-9-16-3/h11H,4-10,13H2,1-3H3. The van der Waals surface area contributed by atoms with Crippen molar-refractivity contribution in [2.45, 2.75) is 25.3 Å². The van der Waals surface area contributed by atoms with Crippen LogP contribution in [0, 0.1) is 5.92 Å². The van der Waals surface area contributed by atoms with E-state index in [0.717, 1.165) is 32.8 Å². The molecule has 1 unspecified atom stereocenters. The van der Waals surface area contributed by atoms with Gasteiger partial charge in [-0.25, -0.2) is 0 Å². The quantitative estimate of drug-likeness (QED) is 0.634. The summed E-state index contributed by atoms with van der Waals surface area (Å²) in [5.74, 6) is 0.708. The lowest BCUT2D eigenvalue weighted by Crippen LogP contribution is -2.51. The summed E-state index contributed by atoms with van der Waals surface area (Å²) in [6.07, 6.45) is 2.57. The van der Waals surface area contributed by atoms with Gasteiger partial charge in [-0.1, -0.05) is 0 Å². The van der Waals surface area contributed by atoms with Crippen molar-refractivity contribution in [3.63, 3.8) is 0 Å². The molecule has 1 rings (SSSR count). The summed E-state index contributed by atoms with van der Waals surface area (Å²) in [7, 11) is 3.47. The van der Waals surface area contributed by atoms with Gasteiger partial charge in [0.25, 0.3) is 0 Å². The molecule has 0 saturated heterocycles. The summed E-state index contributed by atoms with van der Waals surface area (Å²) in [6.45, 7) is 6.47. The molecule has 1 aliphatic rings. The number of nitrogens with two attached hydrogens (primary N) is 1. The average Bonchev–Trinajstić information content (AvgIpc) is 3.05. The molecule has 1 atom stereocenters. The number of nitrogens with zero attached hydrogens (tertiary/aromatic N) is 1. The number of methoxy groups -OCH3 is 2. The molecule has 2 N–H and O–H groups in total. The molecule has 4 heteroatoms. The maximum absolute atomic E-state index is 6.34. The third-order valence-electron chi connectivity index (χ3n) is 3.30. The van der Waals surface area contributed by atoms with Crippen molar-refractivity contribution >= 4 is 0 Å². The highest BCUT2D eigenvalue weighted by Gasteiger charge is 2.39. The summed E-state index contributed by atoms with van der Waals surface area (Å²) in [5.41, 5.74) is 6.29. The Balaban J connectivity index is 2.34. The van der Waals surface area contributed by atoms with E-state index in [1.54, 1.807) is 14.2 Å². The van der Waals surface area contributed by atoms with Crippen LogP contribution in [-0.4, -0.2) is 57.5 Å². The third-order valence-corrected chi connectivity index (χ3v) is 3.30. The highest BCUT2D eigenvalue weighted by Crippen LogP contribution is 2.38. The second kappa shape index (κ2) is 6.55. The molecule has 0 radical (unpaired) electrons. The molecular weight excluding hydrogens is 204 g/mol. The minimum atomic E-state index is -0.0541. The summed E-state index contributed by atoms with van der Waals surface area (Å²) in [5, 5.41) is 0. The van der Waals surface area contributed by atoms with Gasteiger partial charge in [0.05, 0.1) is 13.2 Å². The first-order chi connectivity index (χ1) is 7.60. The topological polar surface area (TPSA) is 47.7 Å². The molecule has 0 aromatic carbocycles. The zero-order chi connectivity index (χ0) is 12.0. The first-order valence-corrected chi connectivity index (χ1v) is 6.09. The van der Waals surface area contributed by atoms with E-state index in [9.17, 15) is 0 Å². The average molecular weight is 230 g/mol. The largest absolute Gasteiger partial charge is 0.383 e. The highest BCUT2D eigenvalue weighted by molar-refractivity contribution is 4.97. The molecule has 0 heterocycles. The summed E-state index contributed by atoms with van der Waals surface area (Å²) >= 11 is 0. The van der Waals surface area contributed by atoms with Gasteiger partial charge in [0.1, 0.15) is 0 Å². The molecule has 1 saturated carbocycles. The summed E-state index contributed by atoms with van der Waals surface area (Å²) < 4.78 is 10.2. The monoisotopic (exact) mass is 230 g/mol. The molecular formula is C12H26N2O2. The molecule has 0 bridgehead atoms. The minimum absolute atomic E-state index is 0.0541. The van der Waals surface area contributed by atoms with Crippen molar-refractivity contribution in [3.8, 4) is 0 Å². The number of hydrogen-bond acceptors (Lipinski definition) is 4. The van der Waals surface area contributed by atoms with Crippen molar-refractivity contribution in [3.05, 3.63) is 0 Å². The Bertz CT molecular complexity index is 185. The van der Waals surface area contributed by atoms with Crippen LogP contribution in [0.1, 0.15) is 19.8 Å². The van der Waals surface area contributed by atoms with Crippen molar-refractivity contribution in [1.82, 2.24) is 4.90 Å². The second-order valence-corrected chi connectivity index (χ2v) is 5.04. The molecule has 4 nitrogen and oxygen atoms in total. The van der Waals surface area contributed by atoms with Crippen LogP contribution >= 0.6 is 0 Å². The van der Waals surface area contributed by atoms with E-state index in [0.29, 0.717) is 5.92 Å². The Hall–Kier alpha value is -0.160. The van der Waals surface area contributed by atoms with E-state index in [-0.39, 0.29) is 5.54 Å². The van der Waals surface area contributed by atoms with Gasteiger partial charge in [-0.15, -0.1) is 0 Å². The molecule has 0 aliphatic heterocycles. The van der Waals surface area contributed by atoms with Gasteiger partial charge in [0.2, 0.25) is 0 Å². The zero-order valence-electron chi connectivity index (χ0n) is 10.9. The van der Waals surface area contributed by atoms with E-state index in [2.05, 4.69) is 11.8 Å². The zero-order valence-corrected chi connectivity index (χ0v) is 10.9. The van der Waals surface area contributed by atoms with Gasteiger partial charge in [0.15, 0.2) is 0 Å². The lowest BCUT2D eigenvalue weighted by atomic mass is 9.96. The van der Waals surface area contributed by atoms with E-state index in [1.165, 1.54) is 12.8 Å². The smallest absolute Gasteiger partial charge is 0.0589 e.